The molecule has 0 saturated heterocycles. The van der Waals surface area contributed by atoms with Crippen LogP contribution in [0.5, 0.6) is 0 Å². The summed E-state index contributed by atoms with van der Waals surface area (Å²) in [5.74, 6) is -0.0913. The molecular weight excluding hydrogens is 332 g/mol. The third-order valence-electron chi connectivity index (χ3n) is 2.68. The van der Waals surface area contributed by atoms with E-state index < -0.39 is 10.0 Å². The average molecular weight is 349 g/mol. The number of amides is 1. The van der Waals surface area contributed by atoms with E-state index in [0.29, 0.717) is 11.3 Å². The van der Waals surface area contributed by atoms with Gasteiger partial charge in [-0.25, -0.2) is 13.6 Å². The van der Waals surface area contributed by atoms with Crippen LogP contribution in [0, 0.1) is 12.8 Å². The van der Waals surface area contributed by atoms with Crippen LogP contribution >= 0.6 is 15.9 Å². The van der Waals surface area contributed by atoms with Gasteiger partial charge in [0.25, 0.3) is 0 Å². The molecule has 1 aromatic carbocycles. The van der Waals surface area contributed by atoms with Crippen molar-refractivity contribution in [2.24, 2.45) is 11.1 Å². The number of benzene rings is 1. The summed E-state index contributed by atoms with van der Waals surface area (Å²) in [6, 6.07) is 4.59. The second-order valence-corrected chi connectivity index (χ2v) is 7.13. The first-order chi connectivity index (χ1) is 8.64. The van der Waals surface area contributed by atoms with Crippen LogP contribution in [-0.4, -0.2) is 19.2 Å². The Morgan fingerprint density at radius 1 is 1.37 bits per heavy atom. The van der Waals surface area contributed by atoms with Crippen molar-refractivity contribution >= 4 is 37.5 Å². The minimum atomic E-state index is -3.79. The van der Waals surface area contributed by atoms with Gasteiger partial charge < -0.3 is 5.32 Å². The minimum Gasteiger partial charge on any atom is -0.325 e. The molecule has 3 N–H and O–H groups in total. The van der Waals surface area contributed by atoms with E-state index in [2.05, 4.69) is 21.2 Å². The van der Waals surface area contributed by atoms with Crippen LogP contribution in [0.2, 0.25) is 0 Å². The van der Waals surface area contributed by atoms with Crippen LogP contribution in [0.4, 0.5) is 5.69 Å². The zero-order chi connectivity index (χ0) is 14.8. The van der Waals surface area contributed by atoms with Crippen LogP contribution < -0.4 is 10.5 Å². The molecule has 0 aliphatic carbocycles. The molecule has 19 heavy (non-hydrogen) atoms. The molecule has 5 nitrogen and oxygen atoms in total. The fraction of sp³-hybridized carbons (Fsp3) is 0.417. The van der Waals surface area contributed by atoms with Gasteiger partial charge >= 0.3 is 0 Å². The molecule has 0 fully saturated rings. The molecule has 0 aliphatic heterocycles. The lowest BCUT2D eigenvalue weighted by Crippen LogP contribution is -2.27. The Hall–Kier alpha value is -0.920. The van der Waals surface area contributed by atoms with E-state index >= 15 is 0 Å². The van der Waals surface area contributed by atoms with Crippen molar-refractivity contribution in [3.05, 3.63) is 23.8 Å². The standard InChI is InChI=1S/C12H17BrN2O3S/c1-7(2)11(13)12(16)15-9-5-4-6-10(8(9)3)19(14,17)18/h4-7,11H,1-3H3,(H,15,16)(H2,14,17,18). The van der Waals surface area contributed by atoms with Crippen LogP contribution in [0.1, 0.15) is 19.4 Å². The molecule has 0 heterocycles. The second-order valence-electron chi connectivity index (χ2n) is 4.61. The SMILES string of the molecule is Cc1c(NC(=O)C(Br)C(C)C)cccc1S(N)(=O)=O. The Morgan fingerprint density at radius 2 is 1.95 bits per heavy atom. The normalized spacial score (nSPS) is 13.4. The lowest BCUT2D eigenvalue weighted by atomic mass is 10.1. The number of halogens is 1. The van der Waals surface area contributed by atoms with Gasteiger partial charge in [-0.15, -0.1) is 0 Å². The number of alkyl halides is 1. The number of hydrogen-bond acceptors (Lipinski definition) is 3. The molecule has 1 unspecified atom stereocenters. The topological polar surface area (TPSA) is 89.3 Å². The maximum absolute atomic E-state index is 11.9. The Morgan fingerprint density at radius 3 is 2.42 bits per heavy atom. The van der Waals surface area contributed by atoms with E-state index in [9.17, 15) is 13.2 Å². The summed E-state index contributed by atoms with van der Waals surface area (Å²) in [4.78, 5) is 11.6. The van der Waals surface area contributed by atoms with Gasteiger partial charge in [0.2, 0.25) is 15.9 Å². The lowest BCUT2D eigenvalue weighted by Gasteiger charge is -2.16. The number of anilines is 1. The number of nitrogens with two attached hydrogens (primary N) is 1. The molecule has 1 amide bonds. The summed E-state index contributed by atoms with van der Waals surface area (Å²) >= 11 is 3.29. The van der Waals surface area contributed by atoms with Gasteiger partial charge in [-0.2, -0.15) is 0 Å². The number of sulfonamides is 1. The van der Waals surface area contributed by atoms with Crippen molar-refractivity contribution in [3.63, 3.8) is 0 Å². The summed E-state index contributed by atoms with van der Waals surface area (Å²) in [6.07, 6.45) is 0. The minimum absolute atomic E-state index is 0.0148. The first kappa shape index (κ1) is 16.1. The van der Waals surface area contributed by atoms with Crippen molar-refractivity contribution in [3.8, 4) is 0 Å². The predicted molar refractivity (Wildman–Crippen MR) is 78.7 cm³/mol. The van der Waals surface area contributed by atoms with E-state index in [1.807, 2.05) is 13.8 Å². The maximum Gasteiger partial charge on any atom is 0.238 e. The van der Waals surface area contributed by atoms with E-state index in [-0.39, 0.29) is 21.5 Å². The van der Waals surface area contributed by atoms with Crippen molar-refractivity contribution in [1.29, 1.82) is 0 Å². The van der Waals surface area contributed by atoms with E-state index in [1.165, 1.54) is 6.07 Å². The first-order valence-electron chi connectivity index (χ1n) is 5.72. The molecule has 1 rings (SSSR count). The number of primary sulfonamides is 1. The van der Waals surface area contributed by atoms with Crippen LogP contribution in [0.3, 0.4) is 0 Å². The monoisotopic (exact) mass is 348 g/mol. The largest absolute Gasteiger partial charge is 0.325 e. The van der Waals surface area contributed by atoms with Crippen molar-refractivity contribution in [2.45, 2.75) is 30.5 Å². The quantitative estimate of drug-likeness (QED) is 0.815. The predicted octanol–water partition coefficient (Wildman–Crippen LogP) is 2.00. The Bertz CT molecular complexity index is 585. The van der Waals surface area contributed by atoms with Gasteiger partial charge in [0.15, 0.2) is 0 Å². The molecule has 0 spiro atoms. The number of carbonyl (C=O) groups excluding carboxylic acids is 1. The highest BCUT2D eigenvalue weighted by Crippen LogP contribution is 2.23. The van der Waals surface area contributed by atoms with E-state index in [0.717, 1.165) is 0 Å². The summed E-state index contributed by atoms with van der Waals surface area (Å²) in [5, 5.41) is 7.81. The number of carbonyl (C=O) groups is 1. The Kier molecular flexibility index (Phi) is 5.11. The molecule has 0 bridgehead atoms. The van der Waals surface area contributed by atoms with Crippen molar-refractivity contribution in [1.82, 2.24) is 0 Å². The number of nitrogens with one attached hydrogen (secondary N) is 1. The smallest absolute Gasteiger partial charge is 0.238 e. The van der Waals surface area contributed by atoms with Crippen LogP contribution in [0.15, 0.2) is 23.1 Å². The van der Waals surface area contributed by atoms with Crippen LogP contribution in [-0.2, 0) is 14.8 Å². The summed E-state index contributed by atoms with van der Waals surface area (Å²) < 4.78 is 22.8. The molecular formula is C12H17BrN2O3S. The maximum atomic E-state index is 11.9. The summed E-state index contributed by atoms with van der Waals surface area (Å²) in [5.41, 5.74) is 0.878. The third kappa shape index (κ3) is 4.02. The zero-order valence-corrected chi connectivity index (χ0v) is 13.4. The van der Waals surface area contributed by atoms with Gasteiger partial charge in [-0.05, 0) is 30.5 Å². The molecule has 0 saturated carbocycles. The highest BCUT2D eigenvalue weighted by Gasteiger charge is 2.20. The Balaban J connectivity index is 3.08. The lowest BCUT2D eigenvalue weighted by molar-refractivity contribution is -0.116. The van der Waals surface area contributed by atoms with Crippen molar-refractivity contribution < 1.29 is 13.2 Å². The van der Waals surface area contributed by atoms with Gasteiger partial charge in [0.1, 0.15) is 0 Å². The zero-order valence-electron chi connectivity index (χ0n) is 11.0. The summed E-state index contributed by atoms with van der Waals surface area (Å²) in [6.45, 7) is 5.42. The van der Waals surface area contributed by atoms with E-state index in [4.69, 9.17) is 5.14 Å². The fourth-order valence-corrected chi connectivity index (χ4v) is 2.48. The first-order valence-corrected chi connectivity index (χ1v) is 8.18. The van der Waals surface area contributed by atoms with Gasteiger partial charge in [0, 0.05) is 5.69 Å². The van der Waals surface area contributed by atoms with Gasteiger partial charge in [-0.1, -0.05) is 35.8 Å². The molecule has 1 atom stereocenters. The molecule has 0 aromatic heterocycles. The molecule has 7 heteroatoms. The number of hydrogen-bond donors (Lipinski definition) is 2. The van der Waals surface area contributed by atoms with Gasteiger partial charge in [-0.3, -0.25) is 4.79 Å². The van der Waals surface area contributed by atoms with Crippen LogP contribution in [0.25, 0.3) is 0 Å². The van der Waals surface area contributed by atoms with Gasteiger partial charge in [0.05, 0.1) is 9.72 Å². The molecule has 0 radical (unpaired) electrons. The molecule has 106 valence electrons. The van der Waals surface area contributed by atoms with Crippen molar-refractivity contribution in [2.75, 3.05) is 5.32 Å². The second kappa shape index (κ2) is 6.02. The summed E-state index contributed by atoms with van der Waals surface area (Å²) in [7, 11) is -3.79. The molecule has 0 aliphatic rings. The number of rotatable bonds is 4. The molecule has 1 aromatic rings. The fourth-order valence-electron chi connectivity index (χ4n) is 1.56. The highest BCUT2D eigenvalue weighted by atomic mass is 79.9. The highest BCUT2D eigenvalue weighted by molar-refractivity contribution is 9.10. The Labute approximate surface area is 121 Å². The van der Waals surface area contributed by atoms with E-state index in [1.54, 1.807) is 19.1 Å². The third-order valence-corrected chi connectivity index (χ3v) is 5.21. The average Bonchev–Trinajstić information content (AvgIpc) is 2.29.